The van der Waals surface area contributed by atoms with Gasteiger partial charge in [0.1, 0.15) is 6.61 Å². The van der Waals surface area contributed by atoms with Crippen LogP contribution in [0.4, 0.5) is 0 Å². The van der Waals surface area contributed by atoms with Crippen LogP contribution in [-0.4, -0.2) is 22.0 Å². The molecule has 0 aliphatic heterocycles. The van der Waals surface area contributed by atoms with Crippen molar-refractivity contribution >= 4 is 11.6 Å². The van der Waals surface area contributed by atoms with Crippen molar-refractivity contribution in [2.45, 2.75) is 33.1 Å². The van der Waals surface area contributed by atoms with Crippen molar-refractivity contribution in [2.75, 3.05) is 7.11 Å². The summed E-state index contributed by atoms with van der Waals surface area (Å²) in [5.41, 5.74) is 1.40. The average Bonchev–Trinajstić information content (AvgIpc) is 2.94. The van der Waals surface area contributed by atoms with Crippen molar-refractivity contribution in [3.05, 3.63) is 40.7 Å². The average molecular weight is 311 g/mol. The van der Waals surface area contributed by atoms with Gasteiger partial charge >= 0.3 is 0 Å². The van der Waals surface area contributed by atoms with Crippen molar-refractivity contribution in [1.29, 1.82) is 0 Å². The molecule has 0 atom stereocenters. The molecule has 1 aromatic heterocycles. The third-order valence-electron chi connectivity index (χ3n) is 3.04. The summed E-state index contributed by atoms with van der Waals surface area (Å²) in [6, 6.07) is 5.52. The first-order chi connectivity index (χ1) is 10.0. The van der Waals surface area contributed by atoms with Crippen LogP contribution in [0.1, 0.15) is 31.1 Å². The molecule has 0 unspecified atom stereocenters. The van der Waals surface area contributed by atoms with E-state index in [2.05, 4.69) is 18.9 Å². The highest BCUT2D eigenvalue weighted by atomic mass is 35.5. The lowest BCUT2D eigenvalue weighted by Crippen LogP contribution is -2.05. The Bertz CT molecular complexity index is 586. The minimum absolute atomic E-state index is 0.174. The summed E-state index contributed by atoms with van der Waals surface area (Å²) in [6.45, 7) is 4.24. The number of hydrogen-bond acceptors (Lipinski definition) is 4. The first-order valence-electron chi connectivity index (χ1n) is 6.69. The van der Waals surface area contributed by atoms with E-state index in [0.717, 1.165) is 5.69 Å². The number of halogens is 1. The maximum absolute atomic E-state index is 9.42. The van der Waals surface area contributed by atoms with Crippen molar-refractivity contribution in [3.63, 3.8) is 0 Å². The molecule has 0 amide bonds. The summed E-state index contributed by atoms with van der Waals surface area (Å²) >= 11 is 5.97. The van der Waals surface area contributed by atoms with E-state index in [-0.39, 0.29) is 6.61 Å². The molecule has 0 spiro atoms. The molecule has 114 valence electrons. The minimum atomic E-state index is -0.174. The summed E-state index contributed by atoms with van der Waals surface area (Å²) in [6.07, 6.45) is 1.91. The van der Waals surface area contributed by atoms with E-state index >= 15 is 0 Å². The second kappa shape index (κ2) is 6.83. The van der Waals surface area contributed by atoms with Gasteiger partial charge in [-0.1, -0.05) is 11.6 Å². The van der Waals surface area contributed by atoms with Gasteiger partial charge in [-0.3, -0.25) is 4.68 Å². The molecule has 0 aliphatic rings. The van der Waals surface area contributed by atoms with Gasteiger partial charge in [0.15, 0.2) is 11.5 Å². The lowest BCUT2D eigenvalue weighted by atomic mass is 10.2. The summed E-state index contributed by atoms with van der Waals surface area (Å²) in [7, 11) is 1.53. The number of aliphatic hydroxyl groups excluding tert-OH is 1. The fraction of sp³-hybridized carbons (Fsp3) is 0.400. The molecule has 0 bridgehead atoms. The minimum Gasteiger partial charge on any atom is -0.493 e. The van der Waals surface area contributed by atoms with Gasteiger partial charge < -0.3 is 14.6 Å². The third-order valence-corrected chi connectivity index (χ3v) is 3.26. The first kappa shape index (κ1) is 15.7. The maximum Gasteiger partial charge on any atom is 0.167 e. The molecule has 0 saturated carbocycles. The van der Waals surface area contributed by atoms with E-state index in [4.69, 9.17) is 21.1 Å². The van der Waals surface area contributed by atoms with E-state index in [1.807, 2.05) is 16.9 Å². The fourth-order valence-electron chi connectivity index (χ4n) is 1.94. The van der Waals surface area contributed by atoms with Gasteiger partial charge in [-0.2, -0.15) is 5.10 Å². The molecule has 0 radical (unpaired) electrons. The van der Waals surface area contributed by atoms with Gasteiger partial charge in [0.05, 0.1) is 19.4 Å². The Morgan fingerprint density at radius 3 is 2.71 bits per heavy atom. The van der Waals surface area contributed by atoms with E-state index < -0.39 is 0 Å². The molecule has 0 aliphatic carbocycles. The van der Waals surface area contributed by atoms with E-state index in [9.17, 15) is 5.11 Å². The third kappa shape index (κ3) is 3.68. The van der Waals surface area contributed by atoms with Gasteiger partial charge in [0.2, 0.25) is 0 Å². The first-order valence-corrected chi connectivity index (χ1v) is 7.07. The number of methoxy groups -OCH3 is 1. The zero-order valence-corrected chi connectivity index (χ0v) is 13.1. The largest absolute Gasteiger partial charge is 0.493 e. The van der Waals surface area contributed by atoms with Gasteiger partial charge in [0.25, 0.3) is 0 Å². The SMILES string of the molecule is COc1cc(Cl)cc(CO)c1OCc1ccn(C(C)C)n1. The highest BCUT2D eigenvalue weighted by molar-refractivity contribution is 6.30. The van der Waals surface area contributed by atoms with Crippen LogP contribution in [0, 0.1) is 0 Å². The molecule has 2 rings (SSSR count). The second-order valence-electron chi connectivity index (χ2n) is 4.92. The Balaban J connectivity index is 2.18. The summed E-state index contributed by atoms with van der Waals surface area (Å²) in [5, 5.41) is 14.3. The molecule has 2 aromatic rings. The molecule has 1 aromatic carbocycles. The number of rotatable bonds is 6. The van der Waals surface area contributed by atoms with Crippen LogP contribution in [-0.2, 0) is 13.2 Å². The Kier molecular flexibility index (Phi) is 5.09. The van der Waals surface area contributed by atoms with Crippen molar-refractivity contribution in [3.8, 4) is 11.5 Å². The van der Waals surface area contributed by atoms with Crippen LogP contribution in [0.5, 0.6) is 11.5 Å². The molecular weight excluding hydrogens is 292 g/mol. The standard InChI is InChI=1S/C15H19ClN2O3/c1-10(2)18-5-4-13(17-18)9-21-15-11(8-19)6-12(16)7-14(15)20-3/h4-7,10,19H,8-9H2,1-3H3. The summed E-state index contributed by atoms with van der Waals surface area (Å²) < 4.78 is 12.9. The van der Waals surface area contributed by atoms with Gasteiger partial charge in [-0.15, -0.1) is 0 Å². The number of hydrogen-bond donors (Lipinski definition) is 1. The predicted octanol–water partition coefficient (Wildman–Crippen LogP) is 3.20. The van der Waals surface area contributed by atoms with E-state index in [0.29, 0.717) is 34.7 Å². The van der Waals surface area contributed by atoms with Crippen LogP contribution in [0.3, 0.4) is 0 Å². The van der Waals surface area contributed by atoms with Crippen LogP contribution >= 0.6 is 11.6 Å². The number of benzene rings is 1. The van der Waals surface area contributed by atoms with Crippen molar-refractivity contribution < 1.29 is 14.6 Å². The molecular formula is C15H19ClN2O3. The number of aliphatic hydroxyl groups is 1. The zero-order valence-electron chi connectivity index (χ0n) is 12.3. The molecule has 5 nitrogen and oxygen atoms in total. The number of aromatic nitrogens is 2. The van der Waals surface area contributed by atoms with Crippen LogP contribution in [0.2, 0.25) is 5.02 Å². The summed E-state index contributed by atoms with van der Waals surface area (Å²) in [5.74, 6) is 0.985. The lowest BCUT2D eigenvalue weighted by Gasteiger charge is -2.14. The van der Waals surface area contributed by atoms with Crippen LogP contribution in [0.25, 0.3) is 0 Å². The van der Waals surface area contributed by atoms with E-state index in [1.165, 1.54) is 7.11 Å². The molecule has 21 heavy (non-hydrogen) atoms. The zero-order chi connectivity index (χ0) is 15.4. The Morgan fingerprint density at radius 2 is 2.14 bits per heavy atom. The van der Waals surface area contributed by atoms with Gasteiger partial charge in [-0.25, -0.2) is 0 Å². The lowest BCUT2D eigenvalue weighted by molar-refractivity contribution is 0.247. The molecule has 1 N–H and O–H groups in total. The van der Waals surface area contributed by atoms with Crippen LogP contribution < -0.4 is 9.47 Å². The molecule has 6 heteroatoms. The quantitative estimate of drug-likeness (QED) is 0.890. The van der Waals surface area contributed by atoms with Gasteiger partial charge in [-0.05, 0) is 26.0 Å². The van der Waals surface area contributed by atoms with Crippen LogP contribution in [0.15, 0.2) is 24.4 Å². The Labute approximate surface area is 129 Å². The normalized spacial score (nSPS) is 11.0. The fourth-order valence-corrected chi connectivity index (χ4v) is 2.17. The smallest absolute Gasteiger partial charge is 0.167 e. The van der Waals surface area contributed by atoms with Crippen molar-refractivity contribution in [2.24, 2.45) is 0 Å². The van der Waals surface area contributed by atoms with Gasteiger partial charge in [0, 0.05) is 28.9 Å². The Hall–Kier alpha value is -1.72. The monoisotopic (exact) mass is 310 g/mol. The Morgan fingerprint density at radius 1 is 1.38 bits per heavy atom. The second-order valence-corrected chi connectivity index (χ2v) is 5.36. The predicted molar refractivity (Wildman–Crippen MR) is 80.9 cm³/mol. The molecule has 1 heterocycles. The number of nitrogens with zero attached hydrogens (tertiary/aromatic N) is 2. The molecule has 0 fully saturated rings. The van der Waals surface area contributed by atoms with Crippen molar-refractivity contribution in [1.82, 2.24) is 9.78 Å². The highest BCUT2D eigenvalue weighted by Crippen LogP contribution is 2.35. The highest BCUT2D eigenvalue weighted by Gasteiger charge is 2.13. The maximum atomic E-state index is 9.42. The summed E-state index contributed by atoms with van der Waals surface area (Å²) in [4.78, 5) is 0. The number of ether oxygens (including phenoxy) is 2. The topological polar surface area (TPSA) is 56.5 Å². The van der Waals surface area contributed by atoms with E-state index in [1.54, 1.807) is 12.1 Å². The molecule has 0 saturated heterocycles.